The zero-order valence-corrected chi connectivity index (χ0v) is 10.9. The van der Waals surface area contributed by atoms with E-state index in [4.69, 9.17) is 4.74 Å². The SMILES string of the molecule is Cc1ccc(NCC2(O)CCOCC2)c([N+](=O)[O-])c1. The van der Waals surface area contributed by atoms with E-state index in [1.807, 2.05) is 13.0 Å². The van der Waals surface area contributed by atoms with Crippen LogP contribution in [0.4, 0.5) is 11.4 Å². The van der Waals surface area contributed by atoms with Gasteiger partial charge in [-0.15, -0.1) is 0 Å². The number of aryl methyl sites for hydroxylation is 1. The van der Waals surface area contributed by atoms with Gasteiger partial charge in [-0.25, -0.2) is 0 Å². The first-order valence-electron chi connectivity index (χ1n) is 6.29. The molecule has 2 N–H and O–H groups in total. The number of aliphatic hydroxyl groups is 1. The minimum Gasteiger partial charge on any atom is -0.388 e. The minimum atomic E-state index is -0.850. The Morgan fingerprint density at radius 3 is 2.79 bits per heavy atom. The fourth-order valence-electron chi connectivity index (χ4n) is 2.13. The van der Waals surface area contributed by atoms with Gasteiger partial charge >= 0.3 is 0 Å². The third-order valence-corrected chi connectivity index (χ3v) is 3.38. The number of nitro benzene ring substituents is 1. The molecule has 6 heteroatoms. The Morgan fingerprint density at radius 1 is 1.47 bits per heavy atom. The van der Waals surface area contributed by atoms with E-state index in [1.54, 1.807) is 6.07 Å². The van der Waals surface area contributed by atoms with E-state index in [0.29, 0.717) is 38.3 Å². The van der Waals surface area contributed by atoms with Crippen molar-refractivity contribution in [3.05, 3.63) is 33.9 Å². The topological polar surface area (TPSA) is 84.6 Å². The van der Waals surface area contributed by atoms with Crippen molar-refractivity contribution in [2.45, 2.75) is 25.4 Å². The monoisotopic (exact) mass is 266 g/mol. The second kappa shape index (κ2) is 5.54. The standard InChI is InChI=1S/C13H18N2O4/c1-10-2-3-11(12(8-10)15(17)18)14-9-13(16)4-6-19-7-5-13/h2-3,8,14,16H,4-7,9H2,1H3. The summed E-state index contributed by atoms with van der Waals surface area (Å²) in [6.07, 6.45) is 1.08. The Balaban J connectivity index is 2.08. The molecule has 1 fully saturated rings. The number of ether oxygens (including phenoxy) is 1. The summed E-state index contributed by atoms with van der Waals surface area (Å²) in [5, 5.41) is 24.3. The lowest BCUT2D eigenvalue weighted by Gasteiger charge is -2.32. The molecule has 0 radical (unpaired) electrons. The maximum Gasteiger partial charge on any atom is 0.292 e. The van der Waals surface area contributed by atoms with Crippen molar-refractivity contribution in [2.24, 2.45) is 0 Å². The molecular formula is C13H18N2O4. The van der Waals surface area contributed by atoms with Crippen LogP contribution in [0.5, 0.6) is 0 Å². The molecule has 0 aromatic heterocycles. The van der Waals surface area contributed by atoms with Gasteiger partial charge in [-0.3, -0.25) is 10.1 Å². The largest absolute Gasteiger partial charge is 0.388 e. The predicted octanol–water partition coefficient (Wildman–Crippen LogP) is 1.86. The molecule has 0 unspecified atom stereocenters. The van der Waals surface area contributed by atoms with Crippen LogP contribution in [0.25, 0.3) is 0 Å². The first kappa shape index (κ1) is 13.8. The smallest absolute Gasteiger partial charge is 0.292 e. The molecule has 1 aromatic rings. The molecule has 19 heavy (non-hydrogen) atoms. The van der Waals surface area contributed by atoms with Gasteiger partial charge in [0, 0.05) is 38.7 Å². The number of anilines is 1. The van der Waals surface area contributed by atoms with Crippen LogP contribution in [0.1, 0.15) is 18.4 Å². The number of hydrogen-bond acceptors (Lipinski definition) is 5. The van der Waals surface area contributed by atoms with Crippen molar-refractivity contribution in [3.63, 3.8) is 0 Å². The van der Waals surface area contributed by atoms with Crippen molar-refractivity contribution in [1.82, 2.24) is 0 Å². The molecule has 1 aromatic carbocycles. The van der Waals surface area contributed by atoms with Crippen LogP contribution in [0.2, 0.25) is 0 Å². The van der Waals surface area contributed by atoms with E-state index in [1.165, 1.54) is 6.07 Å². The molecule has 0 bridgehead atoms. The molecule has 0 aliphatic carbocycles. The molecule has 0 saturated carbocycles. The molecule has 0 spiro atoms. The average molecular weight is 266 g/mol. The molecule has 0 atom stereocenters. The van der Waals surface area contributed by atoms with Crippen LogP contribution in [0.15, 0.2) is 18.2 Å². The average Bonchev–Trinajstić information content (AvgIpc) is 2.38. The van der Waals surface area contributed by atoms with Crippen LogP contribution in [0.3, 0.4) is 0 Å². The molecule has 2 rings (SSSR count). The first-order valence-corrected chi connectivity index (χ1v) is 6.29. The third kappa shape index (κ3) is 3.42. The zero-order valence-electron chi connectivity index (χ0n) is 10.9. The third-order valence-electron chi connectivity index (χ3n) is 3.38. The van der Waals surface area contributed by atoms with E-state index in [0.717, 1.165) is 5.56 Å². The normalized spacial score (nSPS) is 18.0. The molecule has 1 aliphatic heterocycles. The van der Waals surface area contributed by atoms with Gasteiger partial charge in [0.2, 0.25) is 0 Å². The number of hydrogen-bond donors (Lipinski definition) is 2. The Morgan fingerprint density at radius 2 is 2.16 bits per heavy atom. The summed E-state index contributed by atoms with van der Waals surface area (Å²) in [6, 6.07) is 5.01. The van der Waals surface area contributed by atoms with Gasteiger partial charge in [-0.1, -0.05) is 6.07 Å². The Labute approximate surface area is 111 Å². The quantitative estimate of drug-likeness (QED) is 0.641. The Hall–Kier alpha value is -1.66. The fraction of sp³-hybridized carbons (Fsp3) is 0.538. The highest BCUT2D eigenvalue weighted by Crippen LogP contribution is 2.27. The maximum atomic E-state index is 11.0. The number of nitrogens with one attached hydrogen (secondary N) is 1. The second-order valence-corrected chi connectivity index (χ2v) is 4.97. The van der Waals surface area contributed by atoms with Crippen molar-refractivity contribution < 1.29 is 14.8 Å². The second-order valence-electron chi connectivity index (χ2n) is 4.97. The van der Waals surface area contributed by atoms with Gasteiger partial charge in [0.05, 0.1) is 10.5 Å². The molecular weight excluding hydrogens is 248 g/mol. The highest BCUT2D eigenvalue weighted by Gasteiger charge is 2.30. The lowest BCUT2D eigenvalue weighted by atomic mass is 9.94. The summed E-state index contributed by atoms with van der Waals surface area (Å²) in [5.41, 5.74) is 0.463. The van der Waals surface area contributed by atoms with Crippen molar-refractivity contribution in [2.75, 3.05) is 25.1 Å². The first-order chi connectivity index (χ1) is 9.00. The fourth-order valence-corrected chi connectivity index (χ4v) is 2.13. The van der Waals surface area contributed by atoms with Gasteiger partial charge in [-0.05, 0) is 18.6 Å². The molecule has 1 heterocycles. The van der Waals surface area contributed by atoms with Crippen LogP contribution in [-0.4, -0.2) is 35.4 Å². The van der Waals surface area contributed by atoms with E-state index in [9.17, 15) is 15.2 Å². The molecule has 0 amide bonds. The summed E-state index contributed by atoms with van der Waals surface area (Å²) in [4.78, 5) is 10.6. The van der Waals surface area contributed by atoms with Crippen molar-refractivity contribution in [1.29, 1.82) is 0 Å². The van der Waals surface area contributed by atoms with E-state index in [-0.39, 0.29) is 5.69 Å². The van der Waals surface area contributed by atoms with Gasteiger partial charge in [0.15, 0.2) is 0 Å². The molecule has 1 aliphatic rings. The molecule has 1 saturated heterocycles. The van der Waals surface area contributed by atoms with Crippen LogP contribution in [-0.2, 0) is 4.74 Å². The zero-order chi connectivity index (χ0) is 13.9. The lowest BCUT2D eigenvalue weighted by molar-refractivity contribution is -0.384. The van der Waals surface area contributed by atoms with Crippen molar-refractivity contribution >= 4 is 11.4 Å². The van der Waals surface area contributed by atoms with Crippen LogP contribution >= 0.6 is 0 Å². The molecule has 6 nitrogen and oxygen atoms in total. The summed E-state index contributed by atoms with van der Waals surface area (Å²) in [7, 11) is 0. The van der Waals surface area contributed by atoms with E-state index < -0.39 is 10.5 Å². The Bertz CT molecular complexity index is 470. The highest BCUT2D eigenvalue weighted by molar-refractivity contribution is 5.62. The summed E-state index contributed by atoms with van der Waals surface area (Å²) in [5.74, 6) is 0. The highest BCUT2D eigenvalue weighted by atomic mass is 16.6. The lowest BCUT2D eigenvalue weighted by Crippen LogP contribution is -2.42. The van der Waals surface area contributed by atoms with Crippen LogP contribution < -0.4 is 5.32 Å². The predicted molar refractivity (Wildman–Crippen MR) is 71.3 cm³/mol. The number of nitrogens with zero attached hydrogens (tertiary/aromatic N) is 1. The maximum absolute atomic E-state index is 11.0. The number of rotatable bonds is 4. The number of benzene rings is 1. The minimum absolute atomic E-state index is 0.0376. The van der Waals surface area contributed by atoms with E-state index in [2.05, 4.69) is 5.32 Å². The van der Waals surface area contributed by atoms with Gasteiger partial charge < -0.3 is 15.2 Å². The van der Waals surface area contributed by atoms with Crippen LogP contribution in [0, 0.1) is 17.0 Å². The number of nitro groups is 1. The Kier molecular flexibility index (Phi) is 4.01. The molecule has 104 valence electrons. The van der Waals surface area contributed by atoms with Gasteiger partial charge in [-0.2, -0.15) is 0 Å². The summed E-state index contributed by atoms with van der Waals surface area (Å²) in [6.45, 7) is 3.14. The van der Waals surface area contributed by atoms with Gasteiger partial charge in [0.1, 0.15) is 5.69 Å². The summed E-state index contributed by atoms with van der Waals surface area (Å²) < 4.78 is 5.20. The van der Waals surface area contributed by atoms with E-state index >= 15 is 0 Å². The van der Waals surface area contributed by atoms with Gasteiger partial charge in [0.25, 0.3) is 5.69 Å². The van der Waals surface area contributed by atoms with Crippen molar-refractivity contribution in [3.8, 4) is 0 Å². The summed E-state index contributed by atoms with van der Waals surface area (Å²) >= 11 is 0.